The molecule has 0 fully saturated rings. The number of rotatable bonds is 8. The Kier molecular flexibility index (Phi) is 7.77. The van der Waals surface area contributed by atoms with Crippen LogP contribution in [0.4, 0.5) is 4.79 Å². The maximum absolute atomic E-state index is 11.4. The van der Waals surface area contributed by atoms with E-state index in [0.29, 0.717) is 0 Å². The van der Waals surface area contributed by atoms with Gasteiger partial charge in [-0.1, -0.05) is 6.92 Å². The van der Waals surface area contributed by atoms with E-state index in [1.54, 1.807) is 6.92 Å². The molecule has 0 aromatic rings. The first-order valence-corrected chi connectivity index (χ1v) is 7.52. The monoisotopic (exact) mass is 309 g/mol. The Morgan fingerprint density at radius 1 is 1.20 bits per heavy atom. The molecular weight excluding hydrogens is 290 g/mol. The van der Waals surface area contributed by atoms with Crippen molar-refractivity contribution >= 4 is 27.9 Å². The van der Waals surface area contributed by atoms with Crippen molar-refractivity contribution in [3.05, 3.63) is 0 Å². The number of imide groups is 1. The van der Waals surface area contributed by atoms with Crippen LogP contribution in [-0.2, 0) is 19.6 Å². The fourth-order valence-corrected chi connectivity index (χ4v) is 1.88. The quantitative estimate of drug-likeness (QED) is 0.446. The van der Waals surface area contributed by atoms with E-state index in [0.717, 1.165) is 0 Å². The molecule has 0 heterocycles. The summed E-state index contributed by atoms with van der Waals surface area (Å²) >= 11 is 0. The number of carboxylic acids is 1. The molecule has 0 aliphatic rings. The third-order valence-corrected chi connectivity index (χ3v) is 3.64. The minimum absolute atomic E-state index is 0.103. The SMILES string of the molecule is CNS(=O)(=O)CCNC(=O)NC(=O)CC(C)CC(=O)O. The van der Waals surface area contributed by atoms with Gasteiger partial charge >= 0.3 is 12.0 Å². The Hall–Kier alpha value is -1.68. The first-order valence-electron chi connectivity index (χ1n) is 5.87. The molecule has 0 aromatic heterocycles. The molecule has 20 heavy (non-hydrogen) atoms. The zero-order valence-electron chi connectivity index (χ0n) is 11.3. The third kappa shape index (κ3) is 9.28. The van der Waals surface area contributed by atoms with Crippen LogP contribution in [0.5, 0.6) is 0 Å². The summed E-state index contributed by atoms with van der Waals surface area (Å²) in [7, 11) is -2.17. The maximum Gasteiger partial charge on any atom is 0.321 e. The van der Waals surface area contributed by atoms with Crippen LogP contribution in [0.2, 0.25) is 0 Å². The van der Waals surface area contributed by atoms with Crippen LogP contribution in [-0.4, -0.2) is 50.8 Å². The van der Waals surface area contributed by atoms with Crippen molar-refractivity contribution in [1.82, 2.24) is 15.4 Å². The van der Waals surface area contributed by atoms with Crippen LogP contribution >= 0.6 is 0 Å². The maximum atomic E-state index is 11.4. The molecule has 1 unspecified atom stereocenters. The van der Waals surface area contributed by atoms with Gasteiger partial charge in [0.1, 0.15) is 0 Å². The molecule has 9 nitrogen and oxygen atoms in total. The lowest BCUT2D eigenvalue weighted by atomic mass is 10.0. The second-order valence-corrected chi connectivity index (χ2v) is 6.28. The van der Waals surface area contributed by atoms with Crippen molar-refractivity contribution in [2.24, 2.45) is 5.92 Å². The lowest BCUT2D eigenvalue weighted by molar-refractivity contribution is -0.138. The van der Waals surface area contributed by atoms with Gasteiger partial charge in [-0.3, -0.25) is 14.9 Å². The summed E-state index contributed by atoms with van der Waals surface area (Å²) in [6.45, 7) is 1.43. The summed E-state index contributed by atoms with van der Waals surface area (Å²) in [4.78, 5) is 33.0. The first-order chi connectivity index (χ1) is 9.16. The van der Waals surface area contributed by atoms with Gasteiger partial charge < -0.3 is 10.4 Å². The lowest BCUT2D eigenvalue weighted by Crippen LogP contribution is -2.42. The van der Waals surface area contributed by atoms with Gasteiger partial charge in [0.2, 0.25) is 15.9 Å². The number of urea groups is 1. The second kappa shape index (κ2) is 8.48. The van der Waals surface area contributed by atoms with Crippen LogP contribution in [0.3, 0.4) is 0 Å². The average molecular weight is 309 g/mol. The number of hydrogen-bond acceptors (Lipinski definition) is 5. The molecule has 0 aromatic carbocycles. The average Bonchev–Trinajstić information content (AvgIpc) is 2.26. The van der Waals surface area contributed by atoms with Crippen LogP contribution in [0.15, 0.2) is 0 Å². The van der Waals surface area contributed by atoms with Crippen molar-refractivity contribution in [1.29, 1.82) is 0 Å². The van der Waals surface area contributed by atoms with E-state index >= 15 is 0 Å². The summed E-state index contributed by atoms with van der Waals surface area (Å²) in [6, 6.07) is -0.816. The molecule has 0 radical (unpaired) electrons. The number of amides is 3. The lowest BCUT2D eigenvalue weighted by Gasteiger charge is -2.09. The van der Waals surface area contributed by atoms with Crippen molar-refractivity contribution in [2.75, 3.05) is 19.3 Å². The molecule has 0 spiro atoms. The second-order valence-electron chi connectivity index (χ2n) is 4.23. The van der Waals surface area contributed by atoms with E-state index < -0.39 is 33.8 Å². The summed E-state index contributed by atoms with van der Waals surface area (Å²) in [5.74, 6) is -2.34. The predicted molar refractivity (Wildman–Crippen MR) is 70.4 cm³/mol. The van der Waals surface area contributed by atoms with E-state index in [1.807, 2.05) is 5.32 Å². The third-order valence-electron chi connectivity index (χ3n) is 2.28. The van der Waals surface area contributed by atoms with Crippen LogP contribution in [0.1, 0.15) is 19.8 Å². The number of aliphatic carboxylic acids is 1. The normalized spacial score (nSPS) is 12.5. The van der Waals surface area contributed by atoms with Crippen LogP contribution < -0.4 is 15.4 Å². The van der Waals surface area contributed by atoms with Gasteiger partial charge in [0.25, 0.3) is 0 Å². The number of hydrogen-bond donors (Lipinski definition) is 4. The standard InChI is InChI=1S/C10H19N3O6S/c1-7(6-9(15)16)5-8(14)13-10(17)12-3-4-20(18,19)11-2/h7,11H,3-6H2,1-2H3,(H,15,16)(H2,12,13,14,17). The van der Waals surface area contributed by atoms with Gasteiger partial charge in [0.15, 0.2) is 0 Å². The Morgan fingerprint density at radius 2 is 1.80 bits per heavy atom. The molecular formula is C10H19N3O6S. The highest BCUT2D eigenvalue weighted by Crippen LogP contribution is 2.06. The van der Waals surface area contributed by atoms with E-state index in [4.69, 9.17) is 5.11 Å². The highest BCUT2D eigenvalue weighted by atomic mass is 32.2. The van der Waals surface area contributed by atoms with Gasteiger partial charge in [0.05, 0.1) is 5.75 Å². The molecule has 0 bridgehead atoms. The van der Waals surface area contributed by atoms with Crippen molar-refractivity contribution in [3.8, 4) is 0 Å². The van der Waals surface area contributed by atoms with Gasteiger partial charge in [-0.25, -0.2) is 17.9 Å². The molecule has 10 heteroatoms. The molecule has 1 atom stereocenters. The molecule has 3 amide bonds. The van der Waals surface area contributed by atoms with Crippen molar-refractivity contribution in [2.45, 2.75) is 19.8 Å². The topological polar surface area (TPSA) is 142 Å². The zero-order chi connectivity index (χ0) is 15.8. The molecule has 0 aliphatic heterocycles. The van der Waals surface area contributed by atoms with Gasteiger partial charge in [-0.05, 0) is 13.0 Å². The first kappa shape index (κ1) is 18.3. The van der Waals surface area contributed by atoms with Crippen LogP contribution in [0.25, 0.3) is 0 Å². The minimum atomic E-state index is -3.42. The van der Waals surface area contributed by atoms with Crippen LogP contribution in [0, 0.1) is 5.92 Å². The fourth-order valence-electron chi connectivity index (χ4n) is 1.31. The van der Waals surface area contributed by atoms with Gasteiger partial charge in [0, 0.05) is 19.4 Å². The molecule has 0 rings (SSSR count). The molecule has 0 saturated carbocycles. The fraction of sp³-hybridized carbons (Fsp3) is 0.700. The summed E-state index contributed by atoms with van der Waals surface area (Å²) in [5, 5.41) is 12.7. The number of carbonyl (C=O) groups is 3. The zero-order valence-corrected chi connectivity index (χ0v) is 12.1. The highest BCUT2D eigenvalue weighted by molar-refractivity contribution is 7.89. The Morgan fingerprint density at radius 3 is 2.30 bits per heavy atom. The predicted octanol–water partition coefficient (Wildman–Crippen LogP) is -1.14. The van der Waals surface area contributed by atoms with E-state index in [9.17, 15) is 22.8 Å². The molecule has 0 aliphatic carbocycles. The van der Waals surface area contributed by atoms with E-state index in [2.05, 4.69) is 10.0 Å². The van der Waals surface area contributed by atoms with Gasteiger partial charge in [-0.2, -0.15) is 0 Å². The van der Waals surface area contributed by atoms with Gasteiger partial charge in [-0.15, -0.1) is 0 Å². The highest BCUT2D eigenvalue weighted by Gasteiger charge is 2.15. The van der Waals surface area contributed by atoms with Crippen molar-refractivity contribution < 1.29 is 27.9 Å². The summed E-state index contributed by atoms with van der Waals surface area (Å²) in [6.07, 6.45) is -0.274. The summed E-state index contributed by atoms with van der Waals surface area (Å²) in [5.41, 5.74) is 0. The number of sulfonamides is 1. The summed E-state index contributed by atoms with van der Waals surface area (Å²) < 4.78 is 24.2. The minimum Gasteiger partial charge on any atom is -0.481 e. The Bertz CT molecular complexity index is 462. The molecule has 4 N–H and O–H groups in total. The van der Waals surface area contributed by atoms with Crippen molar-refractivity contribution in [3.63, 3.8) is 0 Å². The smallest absolute Gasteiger partial charge is 0.321 e. The molecule has 116 valence electrons. The number of nitrogens with one attached hydrogen (secondary N) is 3. The largest absolute Gasteiger partial charge is 0.481 e. The Labute approximate surface area is 117 Å². The molecule has 0 saturated heterocycles. The number of carbonyl (C=O) groups excluding carboxylic acids is 2. The van der Waals surface area contributed by atoms with E-state index in [1.165, 1.54) is 7.05 Å². The Balaban J connectivity index is 3.97. The number of carboxylic acid groups (broad SMARTS) is 1. The van der Waals surface area contributed by atoms with E-state index in [-0.39, 0.29) is 25.1 Å².